The van der Waals surface area contributed by atoms with Crippen LogP contribution >= 0.6 is 0 Å². The van der Waals surface area contributed by atoms with E-state index < -0.39 is 5.56 Å². The van der Waals surface area contributed by atoms with Crippen LogP contribution in [0.2, 0.25) is 0 Å². The number of aromatic nitrogens is 1. The monoisotopic (exact) mass is 255 g/mol. The Labute approximate surface area is 107 Å². The van der Waals surface area contributed by atoms with E-state index in [9.17, 15) is 15.0 Å². The predicted octanol–water partition coefficient (Wildman–Crippen LogP) is 2.27. The zero-order valence-corrected chi connectivity index (χ0v) is 9.70. The zero-order valence-electron chi connectivity index (χ0n) is 9.70. The largest absolute Gasteiger partial charge is 0.508 e. The highest BCUT2D eigenvalue weighted by atomic mass is 16.3. The molecular weight excluding hydrogens is 246 g/mol. The second kappa shape index (κ2) is 4.13. The Balaban J connectivity index is 2.25. The quantitative estimate of drug-likeness (QED) is 0.696. The van der Waals surface area contributed by atoms with Crippen LogP contribution in [0.15, 0.2) is 51.7 Å². The standard InChI is InChI=1S/C14H9NO4/c16-9-3-1-8(2-4-9)14-15-13(18)11-6-5-10(17)7-12(11)19-14/h1-7,16-17H. The molecular formula is C14H9NO4. The third-order valence-electron chi connectivity index (χ3n) is 2.72. The first kappa shape index (κ1) is 11.3. The van der Waals surface area contributed by atoms with Gasteiger partial charge in [0.05, 0.1) is 5.39 Å². The van der Waals surface area contributed by atoms with Crippen LogP contribution in [0, 0.1) is 0 Å². The smallest absolute Gasteiger partial charge is 0.284 e. The van der Waals surface area contributed by atoms with E-state index in [4.69, 9.17) is 4.42 Å². The van der Waals surface area contributed by atoms with Gasteiger partial charge in [0.15, 0.2) is 0 Å². The molecule has 2 N–H and O–H groups in total. The summed E-state index contributed by atoms with van der Waals surface area (Å²) in [6.07, 6.45) is 0. The van der Waals surface area contributed by atoms with Gasteiger partial charge >= 0.3 is 0 Å². The van der Waals surface area contributed by atoms with Gasteiger partial charge < -0.3 is 14.6 Å². The van der Waals surface area contributed by atoms with Gasteiger partial charge in [0.2, 0.25) is 5.89 Å². The normalized spacial score (nSPS) is 10.7. The van der Waals surface area contributed by atoms with Gasteiger partial charge in [-0.05, 0) is 36.4 Å². The highest BCUT2D eigenvalue weighted by Crippen LogP contribution is 2.23. The molecule has 5 nitrogen and oxygen atoms in total. The zero-order chi connectivity index (χ0) is 13.4. The molecule has 19 heavy (non-hydrogen) atoms. The van der Waals surface area contributed by atoms with Crippen LogP contribution in [-0.4, -0.2) is 15.2 Å². The Morgan fingerprint density at radius 2 is 1.63 bits per heavy atom. The van der Waals surface area contributed by atoms with Gasteiger partial charge in [-0.1, -0.05) is 0 Å². The number of benzene rings is 2. The van der Waals surface area contributed by atoms with Crippen LogP contribution in [0.25, 0.3) is 22.4 Å². The van der Waals surface area contributed by atoms with Crippen molar-refractivity contribution in [1.29, 1.82) is 0 Å². The summed E-state index contributed by atoms with van der Waals surface area (Å²) in [5, 5.41) is 18.9. The summed E-state index contributed by atoms with van der Waals surface area (Å²) in [6.45, 7) is 0. The summed E-state index contributed by atoms with van der Waals surface area (Å²) in [5.74, 6) is 0.270. The number of aromatic hydroxyl groups is 2. The van der Waals surface area contributed by atoms with Crippen LogP contribution in [0.3, 0.4) is 0 Å². The average molecular weight is 255 g/mol. The molecule has 3 aromatic rings. The molecule has 2 aromatic carbocycles. The fourth-order valence-corrected chi connectivity index (χ4v) is 1.78. The van der Waals surface area contributed by atoms with Crippen molar-refractivity contribution in [1.82, 2.24) is 4.98 Å². The molecule has 94 valence electrons. The van der Waals surface area contributed by atoms with Crippen molar-refractivity contribution < 1.29 is 14.6 Å². The minimum absolute atomic E-state index is 0.0125. The van der Waals surface area contributed by atoms with Crippen LogP contribution in [0.5, 0.6) is 11.5 Å². The van der Waals surface area contributed by atoms with Gasteiger partial charge in [-0.2, -0.15) is 4.98 Å². The molecule has 0 aliphatic carbocycles. The first-order valence-electron chi connectivity index (χ1n) is 5.57. The van der Waals surface area contributed by atoms with Gasteiger partial charge in [0.1, 0.15) is 17.1 Å². The maximum absolute atomic E-state index is 11.8. The summed E-state index contributed by atoms with van der Waals surface area (Å²) < 4.78 is 5.50. The van der Waals surface area contributed by atoms with E-state index in [2.05, 4.69) is 4.98 Å². The Morgan fingerprint density at radius 1 is 0.947 bits per heavy atom. The number of hydrogen-bond donors (Lipinski definition) is 2. The fraction of sp³-hybridized carbons (Fsp3) is 0. The van der Waals surface area contributed by atoms with Crippen molar-refractivity contribution in [3.8, 4) is 23.0 Å². The van der Waals surface area contributed by atoms with E-state index in [0.29, 0.717) is 10.9 Å². The Morgan fingerprint density at radius 3 is 2.37 bits per heavy atom. The van der Waals surface area contributed by atoms with Crippen LogP contribution in [-0.2, 0) is 0 Å². The molecule has 0 unspecified atom stereocenters. The van der Waals surface area contributed by atoms with Gasteiger partial charge in [0, 0.05) is 11.6 Å². The number of phenolic OH excluding ortho intramolecular Hbond substituents is 2. The van der Waals surface area contributed by atoms with Gasteiger partial charge in [-0.15, -0.1) is 0 Å². The van der Waals surface area contributed by atoms with E-state index in [0.717, 1.165) is 0 Å². The molecule has 5 heteroatoms. The SMILES string of the molecule is O=c1nc(-c2ccc(O)cc2)oc2cc(O)ccc12. The molecule has 0 aliphatic heterocycles. The van der Waals surface area contributed by atoms with Crippen LogP contribution in [0.1, 0.15) is 0 Å². The van der Waals surface area contributed by atoms with E-state index in [1.54, 1.807) is 12.1 Å². The number of phenols is 2. The Hall–Kier alpha value is -2.82. The van der Waals surface area contributed by atoms with Crippen LogP contribution < -0.4 is 5.56 Å². The lowest BCUT2D eigenvalue weighted by atomic mass is 10.2. The van der Waals surface area contributed by atoms with Crippen molar-refractivity contribution in [3.63, 3.8) is 0 Å². The molecule has 0 atom stereocenters. The molecule has 3 rings (SSSR count). The molecule has 0 spiro atoms. The molecule has 0 aliphatic rings. The highest BCUT2D eigenvalue weighted by Gasteiger charge is 2.09. The number of rotatable bonds is 1. The topological polar surface area (TPSA) is 83.6 Å². The lowest BCUT2D eigenvalue weighted by Crippen LogP contribution is -2.06. The maximum atomic E-state index is 11.8. The number of fused-ring (bicyclic) bond motifs is 1. The summed E-state index contributed by atoms with van der Waals surface area (Å²) >= 11 is 0. The van der Waals surface area contributed by atoms with Crippen LogP contribution in [0.4, 0.5) is 0 Å². The van der Waals surface area contributed by atoms with Gasteiger partial charge in [-0.3, -0.25) is 4.79 Å². The number of nitrogens with zero attached hydrogens (tertiary/aromatic N) is 1. The molecule has 1 aromatic heterocycles. The molecule has 0 amide bonds. The minimum atomic E-state index is -0.427. The lowest BCUT2D eigenvalue weighted by Gasteiger charge is -2.02. The number of hydrogen-bond acceptors (Lipinski definition) is 5. The Kier molecular flexibility index (Phi) is 2.45. The lowest BCUT2D eigenvalue weighted by molar-refractivity contribution is 0.474. The molecule has 0 saturated heterocycles. The van der Waals surface area contributed by atoms with Crippen molar-refractivity contribution in [2.45, 2.75) is 0 Å². The fourth-order valence-electron chi connectivity index (χ4n) is 1.78. The average Bonchev–Trinajstić information content (AvgIpc) is 2.38. The van der Waals surface area contributed by atoms with Gasteiger partial charge in [-0.25, -0.2) is 0 Å². The molecule has 0 fully saturated rings. The highest BCUT2D eigenvalue weighted by molar-refractivity contribution is 5.78. The van der Waals surface area contributed by atoms with E-state index >= 15 is 0 Å². The molecule has 0 bridgehead atoms. The summed E-state index contributed by atoms with van der Waals surface area (Å²) in [4.78, 5) is 15.7. The summed E-state index contributed by atoms with van der Waals surface area (Å²) in [5.41, 5.74) is 0.410. The maximum Gasteiger partial charge on any atom is 0.284 e. The van der Waals surface area contributed by atoms with E-state index in [1.807, 2.05) is 0 Å². The van der Waals surface area contributed by atoms with Crippen molar-refractivity contribution >= 4 is 11.0 Å². The summed E-state index contributed by atoms with van der Waals surface area (Å²) in [7, 11) is 0. The van der Waals surface area contributed by atoms with Crippen molar-refractivity contribution in [2.75, 3.05) is 0 Å². The molecule has 1 heterocycles. The first-order chi connectivity index (χ1) is 9.13. The minimum Gasteiger partial charge on any atom is -0.508 e. The second-order valence-electron chi connectivity index (χ2n) is 4.05. The Bertz CT molecular complexity index is 806. The summed E-state index contributed by atoms with van der Waals surface area (Å²) in [6, 6.07) is 10.4. The third-order valence-corrected chi connectivity index (χ3v) is 2.72. The predicted molar refractivity (Wildman–Crippen MR) is 69.0 cm³/mol. The molecule has 0 saturated carbocycles. The van der Waals surface area contributed by atoms with Crippen molar-refractivity contribution in [3.05, 3.63) is 52.8 Å². The van der Waals surface area contributed by atoms with E-state index in [-0.39, 0.29) is 23.0 Å². The molecule has 0 radical (unpaired) electrons. The third kappa shape index (κ3) is 2.01. The first-order valence-corrected chi connectivity index (χ1v) is 5.57. The second-order valence-corrected chi connectivity index (χ2v) is 4.05. The van der Waals surface area contributed by atoms with Crippen molar-refractivity contribution in [2.24, 2.45) is 0 Å². The van der Waals surface area contributed by atoms with Gasteiger partial charge in [0.25, 0.3) is 5.56 Å². The van der Waals surface area contributed by atoms with E-state index in [1.165, 1.54) is 30.3 Å².